The van der Waals surface area contributed by atoms with Crippen LogP contribution in [0.1, 0.15) is 18.4 Å². The first-order chi connectivity index (χ1) is 9.61. The van der Waals surface area contributed by atoms with E-state index < -0.39 is 0 Å². The third-order valence-corrected chi connectivity index (χ3v) is 3.58. The number of non-ortho nitro benzene ring substituents is 1. The van der Waals surface area contributed by atoms with Gasteiger partial charge in [0.2, 0.25) is 0 Å². The molecule has 0 spiro atoms. The molecule has 1 saturated heterocycles. The molecule has 5 heteroatoms. The Labute approximate surface area is 118 Å². The minimum absolute atomic E-state index is 0.137. The van der Waals surface area contributed by atoms with Crippen LogP contribution in [0.3, 0.4) is 0 Å². The molecule has 0 atom stereocenters. The van der Waals surface area contributed by atoms with Crippen LogP contribution in [0.4, 0.5) is 11.4 Å². The average Bonchev–Trinajstić information content (AvgIpc) is 2.45. The molecule has 0 aliphatic carbocycles. The fourth-order valence-electron chi connectivity index (χ4n) is 2.54. The fourth-order valence-corrected chi connectivity index (χ4v) is 2.54. The van der Waals surface area contributed by atoms with Crippen LogP contribution in [0.2, 0.25) is 0 Å². The Balaban J connectivity index is 2.00. The molecule has 1 aliphatic rings. The van der Waals surface area contributed by atoms with Gasteiger partial charge in [-0.25, -0.2) is 0 Å². The van der Waals surface area contributed by atoms with E-state index in [-0.39, 0.29) is 16.7 Å². The van der Waals surface area contributed by atoms with Gasteiger partial charge in [-0.15, -0.1) is 6.42 Å². The molecule has 106 valence electrons. The minimum Gasteiger partial charge on any atom is -0.371 e. The van der Waals surface area contributed by atoms with E-state index >= 15 is 0 Å². The van der Waals surface area contributed by atoms with Crippen LogP contribution in [0, 0.1) is 29.4 Å². The fraction of sp³-hybridized carbons (Fsp3) is 0.467. The number of hydrogen-bond donors (Lipinski definition) is 0. The summed E-state index contributed by atoms with van der Waals surface area (Å²) in [5, 5.41) is 10.7. The van der Waals surface area contributed by atoms with Crippen molar-refractivity contribution in [1.82, 2.24) is 0 Å². The molecular weight excluding hydrogens is 256 g/mol. The highest BCUT2D eigenvalue weighted by molar-refractivity contribution is 5.57. The van der Waals surface area contributed by atoms with Gasteiger partial charge in [-0.3, -0.25) is 10.1 Å². The summed E-state index contributed by atoms with van der Waals surface area (Å²) in [6.45, 7) is 4.03. The maximum Gasteiger partial charge on any atom is 0.269 e. The number of piperidine rings is 1. The highest BCUT2D eigenvalue weighted by atomic mass is 16.6. The lowest BCUT2D eigenvalue weighted by molar-refractivity contribution is -0.384. The second-order valence-electron chi connectivity index (χ2n) is 4.93. The first-order valence-electron chi connectivity index (χ1n) is 6.67. The van der Waals surface area contributed by atoms with E-state index in [2.05, 4.69) is 10.8 Å². The summed E-state index contributed by atoms with van der Waals surface area (Å²) in [5.41, 5.74) is 2.13. The van der Waals surface area contributed by atoms with E-state index in [1.807, 2.05) is 13.0 Å². The van der Waals surface area contributed by atoms with Crippen molar-refractivity contribution in [2.24, 2.45) is 0 Å². The van der Waals surface area contributed by atoms with Crippen molar-refractivity contribution in [1.29, 1.82) is 0 Å². The number of rotatable bonds is 4. The van der Waals surface area contributed by atoms with Crippen LogP contribution in [0.15, 0.2) is 18.2 Å². The Morgan fingerprint density at radius 3 is 2.75 bits per heavy atom. The van der Waals surface area contributed by atoms with Crippen molar-refractivity contribution in [3.05, 3.63) is 33.9 Å². The zero-order valence-electron chi connectivity index (χ0n) is 11.5. The number of ether oxygens (including phenoxy) is 1. The van der Waals surface area contributed by atoms with Crippen molar-refractivity contribution in [2.45, 2.75) is 25.9 Å². The van der Waals surface area contributed by atoms with Crippen molar-refractivity contribution < 1.29 is 9.66 Å². The quantitative estimate of drug-likeness (QED) is 0.481. The first kappa shape index (κ1) is 14.4. The van der Waals surface area contributed by atoms with Gasteiger partial charge in [0.05, 0.1) is 11.0 Å². The number of nitro benzene ring substituents is 1. The summed E-state index contributed by atoms with van der Waals surface area (Å²) >= 11 is 0. The van der Waals surface area contributed by atoms with Crippen molar-refractivity contribution in [3.63, 3.8) is 0 Å². The van der Waals surface area contributed by atoms with E-state index in [1.54, 1.807) is 12.1 Å². The predicted octanol–water partition coefficient (Wildman–Crippen LogP) is 2.52. The topological polar surface area (TPSA) is 55.6 Å². The van der Waals surface area contributed by atoms with Gasteiger partial charge in [0.1, 0.15) is 6.61 Å². The van der Waals surface area contributed by atoms with E-state index in [9.17, 15) is 10.1 Å². The minimum atomic E-state index is -0.364. The maximum absolute atomic E-state index is 10.7. The molecule has 20 heavy (non-hydrogen) atoms. The van der Waals surface area contributed by atoms with E-state index in [0.29, 0.717) is 6.61 Å². The van der Waals surface area contributed by atoms with Crippen LogP contribution in [-0.2, 0) is 4.74 Å². The standard InChI is InChI=1S/C15H18N2O3/c1-3-10-20-14-6-8-16(9-7-14)15-5-4-13(17(18)19)11-12(15)2/h1,4-5,11,14H,6-10H2,2H3. The lowest BCUT2D eigenvalue weighted by Gasteiger charge is -2.34. The lowest BCUT2D eigenvalue weighted by Crippen LogP contribution is -2.37. The second kappa shape index (κ2) is 6.40. The molecule has 1 fully saturated rings. The molecule has 0 amide bonds. The van der Waals surface area contributed by atoms with Gasteiger partial charge in [0.25, 0.3) is 5.69 Å². The van der Waals surface area contributed by atoms with Gasteiger partial charge in [0.15, 0.2) is 0 Å². The normalized spacial score (nSPS) is 15.9. The number of aryl methyl sites for hydroxylation is 1. The number of nitrogens with zero attached hydrogens (tertiary/aromatic N) is 2. The number of hydrogen-bond acceptors (Lipinski definition) is 4. The molecule has 0 N–H and O–H groups in total. The molecule has 0 saturated carbocycles. The third kappa shape index (κ3) is 3.28. The molecule has 2 rings (SSSR count). The molecule has 1 aromatic rings. The summed E-state index contributed by atoms with van der Waals surface area (Å²) < 4.78 is 5.55. The molecule has 1 aliphatic heterocycles. The first-order valence-corrected chi connectivity index (χ1v) is 6.67. The second-order valence-corrected chi connectivity index (χ2v) is 4.93. The average molecular weight is 274 g/mol. The van der Waals surface area contributed by atoms with Crippen LogP contribution in [0.5, 0.6) is 0 Å². The Kier molecular flexibility index (Phi) is 4.59. The van der Waals surface area contributed by atoms with Crippen molar-refractivity contribution in [2.75, 3.05) is 24.6 Å². The molecule has 0 unspecified atom stereocenters. The monoisotopic (exact) mass is 274 g/mol. The Morgan fingerprint density at radius 1 is 1.50 bits per heavy atom. The van der Waals surface area contributed by atoms with Crippen molar-refractivity contribution >= 4 is 11.4 Å². The molecule has 5 nitrogen and oxygen atoms in total. The van der Waals surface area contributed by atoms with Crippen LogP contribution >= 0.6 is 0 Å². The molecule has 1 aromatic carbocycles. The Hall–Kier alpha value is -2.06. The zero-order valence-corrected chi connectivity index (χ0v) is 11.5. The van der Waals surface area contributed by atoms with Gasteiger partial charge >= 0.3 is 0 Å². The Bertz CT molecular complexity index is 528. The SMILES string of the molecule is C#CCOC1CCN(c2ccc([N+](=O)[O-])cc2C)CC1. The summed E-state index contributed by atoms with van der Waals surface area (Å²) in [5.74, 6) is 2.48. The van der Waals surface area contributed by atoms with Crippen LogP contribution in [-0.4, -0.2) is 30.7 Å². The van der Waals surface area contributed by atoms with Gasteiger partial charge in [0, 0.05) is 30.9 Å². The summed E-state index contributed by atoms with van der Waals surface area (Å²) in [7, 11) is 0. The van der Waals surface area contributed by atoms with E-state index in [1.165, 1.54) is 0 Å². The van der Waals surface area contributed by atoms with Gasteiger partial charge in [-0.1, -0.05) is 5.92 Å². The molecule has 0 radical (unpaired) electrons. The molecule has 1 heterocycles. The number of benzene rings is 1. The van der Waals surface area contributed by atoms with E-state index in [4.69, 9.17) is 11.2 Å². The summed E-state index contributed by atoms with van der Waals surface area (Å²) in [4.78, 5) is 12.6. The number of nitro groups is 1. The maximum atomic E-state index is 10.7. The van der Waals surface area contributed by atoms with Crippen molar-refractivity contribution in [3.8, 4) is 12.3 Å². The van der Waals surface area contributed by atoms with Gasteiger partial charge < -0.3 is 9.64 Å². The number of anilines is 1. The highest BCUT2D eigenvalue weighted by Crippen LogP contribution is 2.27. The molecular formula is C15H18N2O3. The smallest absolute Gasteiger partial charge is 0.269 e. The van der Waals surface area contributed by atoms with Crippen LogP contribution in [0.25, 0.3) is 0 Å². The summed E-state index contributed by atoms with van der Waals surface area (Å²) in [6, 6.07) is 5.01. The lowest BCUT2D eigenvalue weighted by atomic mass is 10.0. The third-order valence-electron chi connectivity index (χ3n) is 3.58. The van der Waals surface area contributed by atoms with E-state index in [0.717, 1.165) is 37.2 Å². The van der Waals surface area contributed by atoms with Gasteiger partial charge in [-0.2, -0.15) is 0 Å². The predicted molar refractivity (Wildman–Crippen MR) is 77.9 cm³/mol. The largest absolute Gasteiger partial charge is 0.371 e. The zero-order chi connectivity index (χ0) is 14.5. The number of terminal acetylenes is 1. The van der Waals surface area contributed by atoms with Crippen LogP contribution < -0.4 is 4.90 Å². The summed E-state index contributed by atoms with van der Waals surface area (Å²) in [6.07, 6.45) is 7.26. The molecule has 0 bridgehead atoms. The molecule has 0 aromatic heterocycles. The van der Waals surface area contributed by atoms with Gasteiger partial charge in [-0.05, 0) is 31.4 Å². The highest BCUT2D eigenvalue weighted by Gasteiger charge is 2.21. The Morgan fingerprint density at radius 2 is 2.20 bits per heavy atom.